The third-order valence-electron chi connectivity index (χ3n) is 12.9. The van der Waals surface area contributed by atoms with Gasteiger partial charge in [-0.15, -0.1) is 0 Å². The van der Waals surface area contributed by atoms with Crippen molar-refractivity contribution in [3.63, 3.8) is 0 Å². The van der Waals surface area contributed by atoms with Crippen molar-refractivity contribution in [2.75, 3.05) is 13.2 Å². The smallest absolute Gasteiger partial charge is 0.310 e. The quantitative estimate of drug-likeness (QED) is 0.0261. The van der Waals surface area contributed by atoms with Crippen LogP contribution in [0, 0.1) is 0 Å². The van der Waals surface area contributed by atoms with E-state index in [1.54, 1.807) is 6.08 Å². The molecule has 412 valence electrons. The van der Waals surface area contributed by atoms with E-state index >= 15 is 0 Å². The van der Waals surface area contributed by atoms with Crippen molar-refractivity contribution in [2.24, 2.45) is 0 Å². The zero-order chi connectivity index (χ0) is 52.2. The summed E-state index contributed by atoms with van der Waals surface area (Å²) in [6, 6.07) is 0. The van der Waals surface area contributed by atoms with Gasteiger partial charge in [0.05, 0.1) is 6.42 Å². The van der Waals surface area contributed by atoms with Crippen LogP contribution in [-0.2, 0) is 28.6 Å². The molecule has 0 aromatic rings. The molecule has 72 heavy (non-hydrogen) atoms. The normalized spacial score (nSPS) is 12.8. The van der Waals surface area contributed by atoms with Gasteiger partial charge in [0.1, 0.15) is 13.2 Å². The number of ether oxygens (including phenoxy) is 3. The van der Waals surface area contributed by atoms with Crippen molar-refractivity contribution in [1.29, 1.82) is 0 Å². The lowest BCUT2D eigenvalue weighted by atomic mass is 10.0. The molecule has 0 fully saturated rings. The number of esters is 3. The highest BCUT2D eigenvalue weighted by molar-refractivity contribution is 5.72. The van der Waals surface area contributed by atoms with Gasteiger partial charge in [0.15, 0.2) is 6.10 Å². The van der Waals surface area contributed by atoms with Gasteiger partial charge in [-0.25, -0.2) is 0 Å². The fourth-order valence-electron chi connectivity index (χ4n) is 8.35. The summed E-state index contributed by atoms with van der Waals surface area (Å²) in [5.74, 6) is -1.04. The van der Waals surface area contributed by atoms with Gasteiger partial charge in [0.25, 0.3) is 0 Å². The Morgan fingerprint density at radius 1 is 0.306 bits per heavy atom. The lowest BCUT2D eigenvalue weighted by molar-refractivity contribution is -0.166. The standard InChI is InChI=1S/C66H112O6/c1-4-7-10-13-16-19-22-25-28-29-30-31-32-33-34-35-36-37-39-41-44-47-50-53-56-59-65(68)71-62-63(61-70-64(67)58-55-52-49-46-43-40-27-24-21-18-15-12-9-6-3)72-66(69)60-57-54-51-48-45-42-38-26-23-20-17-14-11-8-5-2/h8,11,17,20,22,25-26,29-30,32-33,38,45,48,54,57,63H,4-7,9-10,12-16,18-19,21,23-24,27-28,31,34-37,39-44,46-47,49-53,55-56,58-62H2,1-3H3/b11-8-,20-17-,25-22-,30-29-,33-32-,38-26-,48-45-,57-54-. The van der Waals surface area contributed by atoms with Gasteiger partial charge in [0, 0.05) is 12.8 Å². The summed E-state index contributed by atoms with van der Waals surface area (Å²) in [5, 5.41) is 0. The van der Waals surface area contributed by atoms with E-state index in [0.29, 0.717) is 12.8 Å². The van der Waals surface area contributed by atoms with E-state index < -0.39 is 12.1 Å². The zero-order valence-corrected chi connectivity index (χ0v) is 47.2. The molecule has 0 amide bonds. The van der Waals surface area contributed by atoms with E-state index in [1.807, 2.05) is 6.08 Å². The Bertz CT molecular complexity index is 1430. The molecule has 1 atom stereocenters. The minimum absolute atomic E-state index is 0.0961. The van der Waals surface area contributed by atoms with Crippen molar-refractivity contribution in [2.45, 2.75) is 290 Å². The molecule has 6 heteroatoms. The minimum Gasteiger partial charge on any atom is -0.462 e. The number of hydrogen-bond donors (Lipinski definition) is 0. The van der Waals surface area contributed by atoms with Crippen LogP contribution in [0.25, 0.3) is 0 Å². The second kappa shape index (κ2) is 59.9. The topological polar surface area (TPSA) is 78.9 Å². The number of carbonyl (C=O) groups is 3. The first kappa shape index (κ1) is 68.3. The summed E-state index contributed by atoms with van der Waals surface area (Å²) in [6.07, 6.45) is 80.0. The third-order valence-corrected chi connectivity index (χ3v) is 12.9. The first-order chi connectivity index (χ1) is 35.5. The van der Waals surface area contributed by atoms with Crippen LogP contribution in [-0.4, -0.2) is 37.2 Å². The summed E-state index contributed by atoms with van der Waals surface area (Å²) in [4.78, 5) is 38.1. The molecule has 6 nitrogen and oxygen atoms in total. The molecule has 0 aliphatic rings. The number of unbranched alkanes of at least 4 members (excludes halogenated alkanes) is 28. The molecule has 0 bridgehead atoms. The Kier molecular flexibility index (Phi) is 56.8. The second-order valence-corrected chi connectivity index (χ2v) is 19.9. The van der Waals surface area contributed by atoms with Crippen LogP contribution in [0.1, 0.15) is 284 Å². The van der Waals surface area contributed by atoms with Crippen molar-refractivity contribution in [3.8, 4) is 0 Å². The molecule has 0 N–H and O–H groups in total. The SMILES string of the molecule is CC/C=C\C/C=C\C/C=C\C/C=C\C/C=C\CC(=O)OC(COC(=O)CCCCCCCCCCCC/C=C\C/C=C\C/C=C\CCCCCCC)COC(=O)CCCCCCCCCCCCCCCC. The van der Waals surface area contributed by atoms with Crippen molar-refractivity contribution >= 4 is 17.9 Å². The van der Waals surface area contributed by atoms with Crippen molar-refractivity contribution in [3.05, 3.63) is 97.2 Å². The fourth-order valence-corrected chi connectivity index (χ4v) is 8.35. The maximum atomic E-state index is 12.8. The molecular formula is C66H112O6. The van der Waals surface area contributed by atoms with Crippen LogP contribution in [0.4, 0.5) is 0 Å². The molecule has 1 unspecified atom stereocenters. The molecule has 0 spiro atoms. The Morgan fingerprint density at radius 2 is 0.583 bits per heavy atom. The molecule has 0 saturated carbocycles. The third kappa shape index (κ3) is 57.2. The number of rotatable bonds is 54. The van der Waals surface area contributed by atoms with Crippen LogP contribution >= 0.6 is 0 Å². The van der Waals surface area contributed by atoms with E-state index in [4.69, 9.17) is 14.2 Å². The molecule has 0 rings (SSSR count). The Labute approximate surface area is 445 Å². The van der Waals surface area contributed by atoms with Gasteiger partial charge in [0.2, 0.25) is 0 Å². The Hall–Kier alpha value is -3.67. The Morgan fingerprint density at radius 3 is 0.917 bits per heavy atom. The van der Waals surface area contributed by atoms with Crippen LogP contribution < -0.4 is 0 Å². The van der Waals surface area contributed by atoms with Crippen molar-refractivity contribution in [1.82, 2.24) is 0 Å². The summed E-state index contributed by atoms with van der Waals surface area (Å²) >= 11 is 0. The number of allylic oxidation sites excluding steroid dienone is 15. The summed E-state index contributed by atoms with van der Waals surface area (Å²) in [6.45, 7) is 6.44. The van der Waals surface area contributed by atoms with Crippen LogP contribution in [0.15, 0.2) is 97.2 Å². The second-order valence-electron chi connectivity index (χ2n) is 19.9. The molecule has 0 radical (unpaired) electrons. The maximum Gasteiger partial charge on any atom is 0.310 e. The zero-order valence-electron chi connectivity index (χ0n) is 47.2. The van der Waals surface area contributed by atoms with E-state index in [2.05, 4.69) is 106 Å². The largest absolute Gasteiger partial charge is 0.462 e. The van der Waals surface area contributed by atoms with E-state index in [1.165, 1.54) is 161 Å². The first-order valence-corrected chi connectivity index (χ1v) is 30.2. The molecule has 0 aromatic carbocycles. The highest BCUT2D eigenvalue weighted by Crippen LogP contribution is 2.16. The lowest BCUT2D eigenvalue weighted by Crippen LogP contribution is -2.30. The summed E-state index contributed by atoms with van der Waals surface area (Å²) in [5.41, 5.74) is 0. The minimum atomic E-state index is -0.833. The molecule has 0 aliphatic carbocycles. The fraction of sp³-hybridized carbons (Fsp3) is 0.712. The summed E-state index contributed by atoms with van der Waals surface area (Å²) < 4.78 is 16.8. The van der Waals surface area contributed by atoms with Gasteiger partial charge in [-0.1, -0.05) is 279 Å². The Balaban J connectivity index is 4.39. The predicted octanol–water partition coefficient (Wildman–Crippen LogP) is 20.5. The first-order valence-electron chi connectivity index (χ1n) is 30.2. The molecule has 0 aromatic heterocycles. The molecular weight excluding hydrogens is 889 g/mol. The molecule has 0 aliphatic heterocycles. The van der Waals surface area contributed by atoms with E-state index in [-0.39, 0.29) is 31.6 Å². The predicted molar refractivity (Wildman–Crippen MR) is 311 cm³/mol. The molecule has 0 saturated heterocycles. The van der Waals surface area contributed by atoms with Crippen LogP contribution in [0.5, 0.6) is 0 Å². The van der Waals surface area contributed by atoms with Gasteiger partial charge in [-0.3, -0.25) is 14.4 Å². The summed E-state index contributed by atoms with van der Waals surface area (Å²) in [7, 11) is 0. The highest BCUT2D eigenvalue weighted by atomic mass is 16.6. The van der Waals surface area contributed by atoms with E-state index in [0.717, 1.165) is 83.5 Å². The highest BCUT2D eigenvalue weighted by Gasteiger charge is 2.19. The van der Waals surface area contributed by atoms with Gasteiger partial charge in [-0.05, 0) is 83.5 Å². The molecule has 0 heterocycles. The monoisotopic (exact) mass is 1000 g/mol. The van der Waals surface area contributed by atoms with Crippen LogP contribution in [0.3, 0.4) is 0 Å². The van der Waals surface area contributed by atoms with E-state index in [9.17, 15) is 14.4 Å². The number of carbonyl (C=O) groups excluding carboxylic acids is 3. The average molecular weight is 1000 g/mol. The van der Waals surface area contributed by atoms with Crippen molar-refractivity contribution < 1.29 is 28.6 Å². The maximum absolute atomic E-state index is 12.8. The lowest BCUT2D eigenvalue weighted by Gasteiger charge is -2.18. The number of hydrogen-bond acceptors (Lipinski definition) is 6. The van der Waals surface area contributed by atoms with Crippen LogP contribution in [0.2, 0.25) is 0 Å². The van der Waals surface area contributed by atoms with Gasteiger partial charge in [-0.2, -0.15) is 0 Å². The van der Waals surface area contributed by atoms with Gasteiger partial charge >= 0.3 is 17.9 Å². The average Bonchev–Trinajstić information content (AvgIpc) is 3.38. The van der Waals surface area contributed by atoms with Gasteiger partial charge < -0.3 is 14.2 Å².